The van der Waals surface area contributed by atoms with Crippen molar-refractivity contribution in [3.05, 3.63) is 68.1 Å². The third kappa shape index (κ3) is 4.37. The minimum Gasteiger partial charge on any atom is -0.506 e. The highest BCUT2D eigenvalue weighted by Crippen LogP contribution is 2.34. The van der Waals surface area contributed by atoms with Gasteiger partial charge in [0.15, 0.2) is 0 Å². The third-order valence-corrected chi connectivity index (χ3v) is 5.83. The standard InChI is InChI=1S/C19H10Br2ClN3O3S/c20-9-5-12(18(26)13(21)6-9)19(27)23-10-1-4-17(14(22)7-10)28-11-2-3-15-16(8-11)25-29-24-15/h1-8,26H,(H,23,27). The molecule has 2 N–H and O–H groups in total. The highest BCUT2D eigenvalue weighted by Gasteiger charge is 2.16. The summed E-state index contributed by atoms with van der Waals surface area (Å²) < 4.78 is 15.2. The molecule has 0 saturated heterocycles. The molecule has 0 atom stereocenters. The van der Waals surface area contributed by atoms with E-state index in [9.17, 15) is 9.90 Å². The number of anilines is 1. The Labute approximate surface area is 191 Å². The second-order valence-electron chi connectivity index (χ2n) is 5.90. The lowest BCUT2D eigenvalue weighted by atomic mass is 10.2. The molecule has 4 aromatic rings. The van der Waals surface area contributed by atoms with Crippen LogP contribution in [-0.4, -0.2) is 19.8 Å². The summed E-state index contributed by atoms with van der Waals surface area (Å²) in [7, 11) is 0. The van der Waals surface area contributed by atoms with Gasteiger partial charge >= 0.3 is 0 Å². The van der Waals surface area contributed by atoms with Gasteiger partial charge in [-0.25, -0.2) is 0 Å². The highest BCUT2D eigenvalue weighted by molar-refractivity contribution is 9.11. The zero-order chi connectivity index (χ0) is 20.5. The summed E-state index contributed by atoms with van der Waals surface area (Å²) in [6.45, 7) is 0. The molecule has 146 valence electrons. The fourth-order valence-electron chi connectivity index (χ4n) is 2.55. The molecule has 1 aromatic heterocycles. The van der Waals surface area contributed by atoms with Crippen LogP contribution >= 0.6 is 55.2 Å². The molecule has 0 saturated carbocycles. The van der Waals surface area contributed by atoms with Crippen molar-refractivity contribution in [3.63, 3.8) is 0 Å². The van der Waals surface area contributed by atoms with Crippen LogP contribution in [0.15, 0.2) is 57.5 Å². The Morgan fingerprint density at radius 2 is 1.86 bits per heavy atom. The summed E-state index contributed by atoms with van der Waals surface area (Å²) in [5, 5.41) is 13.1. The van der Waals surface area contributed by atoms with E-state index >= 15 is 0 Å². The molecule has 3 aromatic carbocycles. The van der Waals surface area contributed by atoms with Crippen molar-refractivity contribution in [3.8, 4) is 17.2 Å². The molecule has 0 aliphatic heterocycles. The van der Waals surface area contributed by atoms with Crippen LogP contribution in [0, 0.1) is 0 Å². The maximum atomic E-state index is 12.5. The van der Waals surface area contributed by atoms with E-state index in [1.807, 2.05) is 6.07 Å². The SMILES string of the molecule is O=C(Nc1ccc(Oc2ccc3nsnc3c2)c(Cl)c1)c1cc(Br)cc(Br)c1O. The Morgan fingerprint density at radius 1 is 1.07 bits per heavy atom. The molecule has 6 nitrogen and oxygen atoms in total. The molecule has 0 aliphatic rings. The molecule has 1 amide bonds. The smallest absolute Gasteiger partial charge is 0.259 e. The van der Waals surface area contributed by atoms with E-state index in [0.29, 0.717) is 31.2 Å². The van der Waals surface area contributed by atoms with E-state index in [4.69, 9.17) is 16.3 Å². The van der Waals surface area contributed by atoms with Gasteiger partial charge < -0.3 is 15.2 Å². The predicted octanol–water partition coefficient (Wildman–Crippen LogP) is 6.62. The average Bonchev–Trinajstić information content (AvgIpc) is 3.14. The number of benzene rings is 3. The third-order valence-electron chi connectivity index (χ3n) is 3.92. The molecule has 0 bridgehead atoms. The highest BCUT2D eigenvalue weighted by atomic mass is 79.9. The Kier molecular flexibility index (Phi) is 5.73. The Morgan fingerprint density at radius 3 is 2.66 bits per heavy atom. The molecule has 0 spiro atoms. The largest absolute Gasteiger partial charge is 0.506 e. The fraction of sp³-hybridized carbons (Fsp3) is 0. The summed E-state index contributed by atoms with van der Waals surface area (Å²) in [4.78, 5) is 12.5. The second-order valence-corrected chi connectivity index (χ2v) is 8.61. The van der Waals surface area contributed by atoms with E-state index < -0.39 is 5.91 Å². The van der Waals surface area contributed by atoms with Gasteiger partial charge in [0.05, 0.1) is 26.8 Å². The van der Waals surface area contributed by atoms with Crippen molar-refractivity contribution in [2.45, 2.75) is 0 Å². The number of aromatic nitrogens is 2. The van der Waals surface area contributed by atoms with Gasteiger partial charge in [-0.3, -0.25) is 4.79 Å². The van der Waals surface area contributed by atoms with Gasteiger partial charge in [0, 0.05) is 16.2 Å². The molecule has 0 fully saturated rings. The number of nitrogens with one attached hydrogen (secondary N) is 1. The summed E-state index contributed by atoms with van der Waals surface area (Å²) in [5.41, 5.74) is 2.12. The number of fused-ring (bicyclic) bond motifs is 1. The van der Waals surface area contributed by atoms with Crippen LogP contribution in [0.2, 0.25) is 5.02 Å². The minimum absolute atomic E-state index is 0.118. The summed E-state index contributed by atoms with van der Waals surface area (Å²) >= 11 is 14.0. The van der Waals surface area contributed by atoms with Gasteiger partial charge in [-0.1, -0.05) is 27.5 Å². The van der Waals surface area contributed by atoms with E-state index in [2.05, 4.69) is 45.9 Å². The van der Waals surface area contributed by atoms with E-state index in [1.165, 1.54) is 6.07 Å². The van der Waals surface area contributed by atoms with Crippen molar-refractivity contribution in [1.82, 2.24) is 8.75 Å². The van der Waals surface area contributed by atoms with Crippen molar-refractivity contribution < 1.29 is 14.6 Å². The second kappa shape index (κ2) is 8.27. The number of ether oxygens (including phenoxy) is 1. The Bertz CT molecular complexity index is 1250. The molecule has 29 heavy (non-hydrogen) atoms. The lowest BCUT2D eigenvalue weighted by Gasteiger charge is -2.11. The molecule has 0 aliphatic carbocycles. The van der Waals surface area contributed by atoms with Crippen LogP contribution in [0.4, 0.5) is 5.69 Å². The monoisotopic (exact) mass is 553 g/mol. The van der Waals surface area contributed by atoms with Crippen LogP contribution in [-0.2, 0) is 0 Å². The number of phenols is 1. The van der Waals surface area contributed by atoms with Crippen LogP contribution in [0.25, 0.3) is 11.0 Å². The molecule has 4 rings (SSSR count). The Hall–Kier alpha value is -2.20. The van der Waals surface area contributed by atoms with Gasteiger partial charge in [0.25, 0.3) is 5.91 Å². The molecular formula is C19H10Br2ClN3O3S. The van der Waals surface area contributed by atoms with Crippen LogP contribution in [0.5, 0.6) is 17.2 Å². The van der Waals surface area contributed by atoms with E-state index in [-0.39, 0.29) is 11.3 Å². The maximum absolute atomic E-state index is 12.5. The number of amides is 1. The zero-order valence-electron chi connectivity index (χ0n) is 14.3. The number of hydrogen-bond acceptors (Lipinski definition) is 6. The minimum atomic E-state index is -0.476. The van der Waals surface area contributed by atoms with Crippen molar-refractivity contribution >= 4 is 77.8 Å². The van der Waals surface area contributed by atoms with E-state index in [0.717, 1.165) is 22.8 Å². The number of aromatic hydroxyl groups is 1. The molecule has 10 heteroatoms. The number of hydrogen-bond donors (Lipinski definition) is 2. The topological polar surface area (TPSA) is 84.3 Å². The van der Waals surface area contributed by atoms with E-state index in [1.54, 1.807) is 36.4 Å². The van der Waals surface area contributed by atoms with Crippen molar-refractivity contribution in [2.75, 3.05) is 5.32 Å². The number of rotatable bonds is 4. The van der Waals surface area contributed by atoms with Crippen LogP contribution in [0.3, 0.4) is 0 Å². The van der Waals surface area contributed by atoms with Gasteiger partial charge in [-0.05, 0) is 58.4 Å². The molecular weight excluding hydrogens is 546 g/mol. The summed E-state index contributed by atoms with van der Waals surface area (Å²) in [6, 6.07) is 13.4. The number of phenolic OH excluding ortho intramolecular Hbond substituents is 1. The summed E-state index contributed by atoms with van der Waals surface area (Å²) in [6.07, 6.45) is 0. The molecule has 0 unspecified atom stereocenters. The first-order valence-electron chi connectivity index (χ1n) is 8.10. The first-order valence-corrected chi connectivity index (χ1v) is 10.8. The fourth-order valence-corrected chi connectivity index (χ4v) is 4.51. The van der Waals surface area contributed by atoms with Gasteiger partial charge in [-0.2, -0.15) is 8.75 Å². The maximum Gasteiger partial charge on any atom is 0.259 e. The van der Waals surface area contributed by atoms with Crippen LogP contribution in [0.1, 0.15) is 10.4 Å². The van der Waals surface area contributed by atoms with Crippen LogP contribution < -0.4 is 10.1 Å². The first kappa shape index (κ1) is 20.1. The zero-order valence-corrected chi connectivity index (χ0v) is 19.1. The average molecular weight is 556 g/mol. The Balaban J connectivity index is 1.53. The van der Waals surface area contributed by atoms with Gasteiger partial charge in [0.2, 0.25) is 0 Å². The molecule has 0 radical (unpaired) electrons. The lowest BCUT2D eigenvalue weighted by Crippen LogP contribution is -2.12. The number of halogens is 3. The first-order chi connectivity index (χ1) is 13.9. The van der Waals surface area contributed by atoms with Crippen molar-refractivity contribution in [1.29, 1.82) is 0 Å². The predicted molar refractivity (Wildman–Crippen MR) is 120 cm³/mol. The van der Waals surface area contributed by atoms with Gasteiger partial charge in [0.1, 0.15) is 28.3 Å². The summed E-state index contributed by atoms with van der Waals surface area (Å²) in [5.74, 6) is 0.382. The van der Waals surface area contributed by atoms with Crippen molar-refractivity contribution in [2.24, 2.45) is 0 Å². The molecule has 1 heterocycles. The number of carbonyl (C=O) groups is 1. The quantitative estimate of drug-likeness (QED) is 0.296. The lowest BCUT2D eigenvalue weighted by molar-refractivity contribution is 0.102. The normalized spacial score (nSPS) is 10.9. The number of nitrogens with zero attached hydrogens (tertiary/aromatic N) is 2. The number of carbonyl (C=O) groups excluding carboxylic acids is 1. The van der Waals surface area contributed by atoms with Gasteiger partial charge in [-0.15, -0.1) is 0 Å².